The van der Waals surface area contributed by atoms with Crippen molar-refractivity contribution >= 4 is 5.91 Å². The first-order valence-electron chi connectivity index (χ1n) is 10.1. The summed E-state index contributed by atoms with van der Waals surface area (Å²) < 4.78 is 2.22. The Bertz CT molecular complexity index is 911. The summed E-state index contributed by atoms with van der Waals surface area (Å²) >= 11 is 0. The molecular formula is C22H26N6O. The van der Waals surface area contributed by atoms with Crippen molar-refractivity contribution in [2.24, 2.45) is 5.92 Å². The lowest BCUT2D eigenvalue weighted by atomic mass is 9.98. The number of benzene rings is 1. The van der Waals surface area contributed by atoms with Crippen LogP contribution < -0.4 is 5.32 Å². The van der Waals surface area contributed by atoms with Crippen LogP contribution in [0.3, 0.4) is 0 Å². The minimum Gasteiger partial charge on any atom is -0.350 e. The van der Waals surface area contributed by atoms with E-state index in [9.17, 15) is 4.79 Å². The quantitative estimate of drug-likeness (QED) is 0.670. The van der Waals surface area contributed by atoms with Gasteiger partial charge >= 0.3 is 0 Å². The van der Waals surface area contributed by atoms with E-state index in [0.717, 1.165) is 44.8 Å². The fourth-order valence-electron chi connectivity index (χ4n) is 3.82. The van der Waals surface area contributed by atoms with Crippen LogP contribution in [-0.2, 0) is 13.1 Å². The molecule has 1 saturated heterocycles. The molecule has 7 heteroatoms. The first kappa shape index (κ1) is 19.3. The molecule has 0 radical (unpaired) electrons. The van der Waals surface area contributed by atoms with Gasteiger partial charge < -0.3 is 9.88 Å². The van der Waals surface area contributed by atoms with Crippen LogP contribution in [0, 0.1) is 5.92 Å². The average Bonchev–Trinajstić information content (AvgIpc) is 3.20. The molecule has 3 heterocycles. The third-order valence-corrected chi connectivity index (χ3v) is 5.31. The maximum atomic E-state index is 12.2. The highest BCUT2D eigenvalue weighted by molar-refractivity contribution is 5.91. The molecule has 150 valence electrons. The molecule has 0 spiro atoms. The number of hydrogen-bond acceptors (Lipinski definition) is 5. The number of nitrogens with zero attached hydrogens (tertiary/aromatic N) is 5. The highest BCUT2D eigenvalue weighted by Crippen LogP contribution is 2.18. The summed E-state index contributed by atoms with van der Waals surface area (Å²) in [5, 5.41) is 3.00. The normalized spacial score (nSPS) is 17.2. The maximum Gasteiger partial charge on any atom is 0.271 e. The van der Waals surface area contributed by atoms with Gasteiger partial charge in [-0.15, -0.1) is 0 Å². The Kier molecular flexibility index (Phi) is 6.26. The first-order chi connectivity index (χ1) is 14.3. The number of rotatable bonds is 7. The Balaban J connectivity index is 1.30. The minimum atomic E-state index is -0.159. The molecule has 4 rings (SSSR count). The van der Waals surface area contributed by atoms with Crippen molar-refractivity contribution in [3.63, 3.8) is 0 Å². The Morgan fingerprint density at radius 3 is 2.83 bits per heavy atom. The predicted octanol–water partition coefficient (Wildman–Crippen LogP) is 2.36. The van der Waals surface area contributed by atoms with Gasteiger partial charge in [-0.1, -0.05) is 30.3 Å². The van der Waals surface area contributed by atoms with E-state index in [2.05, 4.69) is 54.0 Å². The molecule has 1 fully saturated rings. The van der Waals surface area contributed by atoms with Crippen molar-refractivity contribution in [3.05, 3.63) is 78.4 Å². The summed E-state index contributed by atoms with van der Waals surface area (Å²) in [6, 6.07) is 10.4. The second kappa shape index (κ2) is 9.43. The largest absolute Gasteiger partial charge is 0.350 e. The van der Waals surface area contributed by atoms with Crippen LogP contribution in [0.4, 0.5) is 0 Å². The number of carbonyl (C=O) groups is 1. The number of aromatic nitrogens is 4. The molecule has 0 saturated carbocycles. The van der Waals surface area contributed by atoms with Crippen LogP contribution in [0.5, 0.6) is 0 Å². The van der Waals surface area contributed by atoms with E-state index in [4.69, 9.17) is 0 Å². The summed E-state index contributed by atoms with van der Waals surface area (Å²) in [5.41, 5.74) is 1.64. The number of nitrogens with one attached hydrogen (secondary N) is 1. The maximum absolute atomic E-state index is 12.2. The molecular weight excluding hydrogens is 364 g/mol. The first-order valence-corrected chi connectivity index (χ1v) is 10.1. The van der Waals surface area contributed by atoms with E-state index in [1.54, 1.807) is 6.20 Å². The van der Waals surface area contributed by atoms with E-state index in [1.807, 2.05) is 18.5 Å². The van der Waals surface area contributed by atoms with Crippen LogP contribution in [-0.4, -0.2) is 50.0 Å². The molecule has 0 aliphatic carbocycles. The van der Waals surface area contributed by atoms with Gasteiger partial charge in [0, 0.05) is 44.4 Å². The zero-order valence-corrected chi connectivity index (χ0v) is 16.4. The molecule has 1 atom stereocenters. The smallest absolute Gasteiger partial charge is 0.271 e. The van der Waals surface area contributed by atoms with Gasteiger partial charge in [0.1, 0.15) is 11.5 Å². The molecule has 1 unspecified atom stereocenters. The SMILES string of the molecule is O=C(NCC1CCCN(Cc2nccn2Cc2ccccc2)C1)c1cnccn1. The van der Waals surface area contributed by atoms with Crippen molar-refractivity contribution in [1.29, 1.82) is 0 Å². The van der Waals surface area contributed by atoms with Crippen molar-refractivity contribution in [2.75, 3.05) is 19.6 Å². The van der Waals surface area contributed by atoms with E-state index in [0.29, 0.717) is 18.2 Å². The monoisotopic (exact) mass is 390 g/mol. The van der Waals surface area contributed by atoms with Crippen molar-refractivity contribution in [1.82, 2.24) is 29.7 Å². The minimum absolute atomic E-state index is 0.159. The van der Waals surface area contributed by atoms with Gasteiger partial charge in [0.05, 0.1) is 12.7 Å². The number of piperidine rings is 1. The summed E-state index contributed by atoms with van der Waals surface area (Å²) in [7, 11) is 0. The Labute approximate surface area is 170 Å². The molecule has 1 amide bonds. The molecule has 7 nitrogen and oxygen atoms in total. The molecule has 1 aliphatic rings. The standard InChI is InChI=1S/C22H26N6O/c29-22(20-14-23-8-9-24-20)26-13-19-7-4-11-27(15-19)17-21-25-10-12-28(21)16-18-5-2-1-3-6-18/h1-3,5-6,8-10,12,14,19H,4,7,11,13,15-17H2,(H,26,29). The van der Waals surface area contributed by atoms with Crippen LogP contribution in [0.1, 0.15) is 34.7 Å². The lowest BCUT2D eigenvalue weighted by Crippen LogP contribution is -2.41. The lowest BCUT2D eigenvalue weighted by molar-refractivity contribution is 0.0924. The fraction of sp³-hybridized carbons (Fsp3) is 0.364. The van der Waals surface area contributed by atoms with Crippen molar-refractivity contribution in [3.8, 4) is 0 Å². The van der Waals surface area contributed by atoms with Gasteiger partial charge in [0.15, 0.2) is 0 Å². The Morgan fingerprint density at radius 2 is 2.00 bits per heavy atom. The van der Waals surface area contributed by atoms with Gasteiger partial charge in [-0.2, -0.15) is 0 Å². The molecule has 29 heavy (non-hydrogen) atoms. The van der Waals surface area contributed by atoms with Crippen LogP contribution in [0.2, 0.25) is 0 Å². The van der Waals surface area contributed by atoms with Crippen LogP contribution in [0.15, 0.2) is 61.3 Å². The van der Waals surface area contributed by atoms with Crippen molar-refractivity contribution < 1.29 is 4.79 Å². The third kappa shape index (κ3) is 5.26. The Hall–Kier alpha value is -3.06. The summed E-state index contributed by atoms with van der Waals surface area (Å²) in [6.45, 7) is 4.34. The topological polar surface area (TPSA) is 75.9 Å². The van der Waals surface area contributed by atoms with Gasteiger partial charge in [-0.05, 0) is 30.9 Å². The van der Waals surface area contributed by atoms with E-state index < -0.39 is 0 Å². The van der Waals surface area contributed by atoms with E-state index in [-0.39, 0.29) is 5.91 Å². The molecule has 1 N–H and O–H groups in total. The zero-order valence-electron chi connectivity index (χ0n) is 16.4. The number of amides is 1. The highest BCUT2D eigenvalue weighted by atomic mass is 16.1. The van der Waals surface area contributed by atoms with Gasteiger partial charge in [-0.3, -0.25) is 14.7 Å². The summed E-state index contributed by atoms with van der Waals surface area (Å²) in [4.78, 5) is 27.2. The number of imidazole rings is 1. The fourth-order valence-corrected chi connectivity index (χ4v) is 3.82. The van der Waals surface area contributed by atoms with Gasteiger partial charge in [-0.25, -0.2) is 9.97 Å². The molecule has 1 aliphatic heterocycles. The number of hydrogen-bond donors (Lipinski definition) is 1. The zero-order chi connectivity index (χ0) is 19.9. The van der Waals surface area contributed by atoms with Gasteiger partial charge in [0.25, 0.3) is 5.91 Å². The summed E-state index contributed by atoms with van der Waals surface area (Å²) in [6.07, 6.45) is 10.8. The lowest BCUT2D eigenvalue weighted by Gasteiger charge is -2.32. The molecule has 0 bridgehead atoms. The van der Waals surface area contributed by atoms with Crippen LogP contribution >= 0.6 is 0 Å². The second-order valence-corrected chi connectivity index (χ2v) is 7.50. The molecule has 3 aromatic rings. The van der Waals surface area contributed by atoms with Crippen LogP contribution in [0.25, 0.3) is 0 Å². The van der Waals surface area contributed by atoms with Gasteiger partial charge in [0.2, 0.25) is 0 Å². The molecule has 1 aromatic carbocycles. The molecule has 2 aromatic heterocycles. The van der Waals surface area contributed by atoms with E-state index >= 15 is 0 Å². The Morgan fingerprint density at radius 1 is 1.10 bits per heavy atom. The van der Waals surface area contributed by atoms with E-state index in [1.165, 1.54) is 18.0 Å². The highest BCUT2D eigenvalue weighted by Gasteiger charge is 2.22. The average molecular weight is 390 g/mol. The number of likely N-dealkylation sites (tertiary alicyclic amines) is 1. The number of carbonyl (C=O) groups excluding carboxylic acids is 1. The summed E-state index contributed by atoms with van der Waals surface area (Å²) in [5.74, 6) is 1.36. The second-order valence-electron chi connectivity index (χ2n) is 7.50. The third-order valence-electron chi connectivity index (χ3n) is 5.31. The predicted molar refractivity (Wildman–Crippen MR) is 110 cm³/mol. The van der Waals surface area contributed by atoms with Crippen molar-refractivity contribution in [2.45, 2.75) is 25.9 Å².